The number of amides is 2. The lowest BCUT2D eigenvalue weighted by Crippen LogP contribution is -2.36. The van der Waals surface area contributed by atoms with Crippen LogP contribution in [0.25, 0.3) is 10.8 Å². The molecule has 5 heteroatoms. The van der Waals surface area contributed by atoms with E-state index in [2.05, 4.69) is 16.7 Å². The zero-order valence-corrected chi connectivity index (χ0v) is 16.2. The van der Waals surface area contributed by atoms with Gasteiger partial charge >= 0.3 is 0 Å². The second-order valence-corrected chi connectivity index (χ2v) is 7.36. The zero-order valence-electron chi connectivity index (χ0n) is 16.2. The maximum absolute atomic E-state index is 12.3. The van der Waals surface area contributed by atoms with Gasteiger partial charge in [-0.15, -0.1) is 0 Å². The molecule has 29 heavy (non-hydrogen) atoms. The van der Waals surface area contributed by atoms with Gasteiger partial charge in [0.05, 0.1) is 6.61 Å². The van der Waals surface area contributed by atoms with Crippen LogP contribution in [0.4, 0.5) is 0 Å². The van der Waals surface area contributed by atoms with E-state index in [1.54, 1.807) is 6.07 Å². The Hall–Kier alpha value is -3.34. The molecule has 1 atom stereocenters. The minimum absolute atomic E-state index is 0.0670. The summed E-state index contributed by atoms with van der Waals surface area (Å²) in [6.07, 6.45) is 1.15. The van der Waals surface area contributed by atoms with E-state index in [0.717, 1.165) is 22.9 Å². The Kier molecular flexibility index (Phi) is 5.75. The third kappa shape index (κ3) is 4.74. The minimum atomic E-state index is -0.166. The first-order chi connectivity index (χ1) is 14.2. The average Bonchev–Trinajstić information content (AvgIpc) is 2.77. The Labute approximate surface area is 170 Å². The molecule has 148 valence electrons. The molecular weight excluding hydrogens is 364 g/mol. The van der Waals surface area contributed by atoms with Crippen molar-refractivity contribution >= 4 is 22.6 Å². The highest BCUT2D eigenvalue weighted by atomic mass is 16.5. The van der Waals surface area contributed by atoms with Crippen molar-refractivity contribution in [2.75, 3.05) is 19.7 Å². The van der Waals surface area contributed by atoms with Gasteiger partial charge in [0.1, 0.15) is 5.75 Å². The highest BCUT2D eigenvalue weighted by molar-refractivity contribution is 5.98. The molecule has 0 saturated carbocycles. The van der Waals surface area contributed by atoms with E-state index in [0.29, 0.717) is 25.3 Å². The van der Waals surface area contributed by atoms with Gasteiger partial charge in [0.25, 0.3) is 5.91 Å². The monoisotopic (exact) mass is 388 g/mol. The van der Waals surface area contributed by atoms with Crippen LogP contribution in [0.3, 0.4) is 0 Å². The molecule has 2 N–H and O–H groups in total. The Bertz CT molecular complexity index is 1030. The molecule has 4 rings (SSSR count). The van der Waals surface area contributed by atoms with Crippen molar-refractivity contribution in [3.63, 3.8) is 0 Å². The van der Waals surface area contributed by atoms with Gasteiger partial charge in [-0.25, -0.2) is 0 Å². The first-order valence-corrected chi connectivity index (χ1v) is 9.93. The predicted octanol–water partition coefficient (Wildman–Crippen LogP) is 3.33. The van der Waals surface area contributed by atoms with E-state index < -0.39 is 0 Å². The highest BCUT2D eigenvalue weighted by Crippen LogP contribution is 2.26. The molecule has 2 amide bonds. The maximum atomic E-state index is 12.3. The van der Waals surface area contributed by atoms with Crippen molar-refractivity contribution in [2.45, 2.75) is 12.8 Å². The number of hydrogen-bond donors (Lipinski definition) is 2. The molecule has 3 aromatic carbocycles. The van der Waals surface area contributed by atoms with Crippen LogP contribution in [0.15, 0.2) is 66.7 Å². The Morgan fingerprint density at radius 2 is 1.72 bits per heavy atom. The van der Waals surface area contributed by atoms with E-state index in [9.17, 15) is 9.59 Å². The first-order valence-electron chi connectivity index (χ1n) is 9.93. The molecule has 0 bridgehead atoms. The lowest BCUT2D eigenvalue weighted by molar-refractivity contribution is -0.121. The number of carbonyl (C=O) groups is 2. The number of carbonyl (C=O) groups excluding carboxylic acids is 2. The maximum Gasteiger partial charge on any atom is 0.251 e. The van der Waals surface area contributed by atoms with Crippen LogP contribution in [0.2, 0.25) is 0 Å². The van der Waals surface area contributed by atoms with E-state index in [1.807, 2.05) is 54.6 Å². The van der Waals surface area contributed by atoms with Gasteiger partial charge in [0.15, 0.2) is 0 Å². The van der Waals surface area contributed by atoms with Gasteiger partial charge in [0.2, 0.25) is 5.91 Å². The van der Waals surface area contributed by atoms with Gasteiger partial charge in [-0.1, -0.05) is 48.5 Å². The molecule has 0 spiro atoms. The highest BCUT2D eigenvalue weighted by Gasteiger charge is 2.19. The normalized spacial score (nSPS) is 15.2. The fourth-order valence-corrected chi connectivity index (χ4v) is 3.59. The van der Waals surface area contributed by atoms with Crippen LogP contribution < -0.4 is 15.4 Å². The lowest BCUT2D eigenvalue weighted by atomic mass is 9.97. The quantitative estimate of drug-likeness (QED) is 0.681. The summed E-state index contributed by atoms with van der Waals surface area (Å²) in [4.78, 5) is 24.5. The standard InChI is InChI=1S/C24H24N2O3/c27-23(26-15-17-13-20-7-3-4-8-22(20)29-16-17)11-12-25-24(28)21-10-9-18-5-1-2-6-19(18)14-21/h1-10,14,17H,11-13,15-16H2,(H,25,28)(H,26,27). The molecule has 1 heterocycles. The summed E-state index contributed by atoms with van der Waals surface area (Å²) in [7, 11) is 0. The molecule has 0 aromatic heterocycles. The van der Waals surface area contributed by atoms with E-state index in [1.165, 1.54) is 5.56 Å². The van der Waals surface area contributed by atoms with Gasteiger partial charge in [-0.2, -0.15) is 0 Å². The molecule has 0 fully saturated rings. The fourth-order valence-electron chi connectivity index (χ4n) is 3.59. The average molecular weight is 388 g/mol. The number of ether oxygens (including phenoxy) is 1. The van der Waals surface area contributed by atoms with E-state index in [-0.39, 0.29) is 24.2 Å². The molecular formula is C24H24N2O3. The van der Waals surface area contributed by atoms with E-state index >= 15 is 0 Å². The van der Waals surface area contributed by atoms with Crippen molar-refractivity contribution in [1.82, 2.24) is 10.6 Å². The largest absolute Gasteiger partial charge is 0.493 e. The summed E-state index contributed by atoms with van der Waals surface area (Å²) in [5.74, 6) is 0.969. The smallest absolute Gasteiger partial charge is 0.251 e. The Morgan fingerprint density at radius 3 is 2.62 bits per heavy atom. The Balaban J connectivity index is 1.20. The zero-order chi connectivity index (χ0) is 20.1. The molecule has 0 saturated heterocycles. The second kappa shape index (κ2) is 8.78. The van der Waals surface area contributed by atoms with Crippen LogP contribution in [-0.4, -0.2) is 31.5 Å². The molecule has 0 radical (unpaired) electrons. The number of nitrogens with one attached hydrogen (secondary N) is 2. The van der Waals surface area contributed by atoms with Crippen LogP contribution in [0, 0.1) is 5.92 Å². The third-order valence-corrected chi connectivity index (χ3v) is 5.19. The van der Waals surface area contributed by atoms with Crippen molar-refractivity contribution in [3.8, 4) is 5.75 Å². The Morgan fingerprint density at radius 1 is 0.931 bits per heavy atom. The van der Waals surface area contributed by atoms with Gasteiger partial charge < -0.3 is 15.4 Å². The molecule has 3 aromatic rings. The van der Waals surface area contributed by atoms with E-state index in [4.69, 9.17) is 4.74 Å². The van der Waals surface area contributed by atoms with Gasteiger partial charge in [-0.3, -0.25) is 9.59 Å². The minimum Gasteiger partial charge on any atom is -0.493 e. The molecule has 1 unspecified atom stereocenters. The second-order valence-electron chi connectivity index (χ2n) is 7.36. The van der Waals surface area contributed by atoms with Crippen molar-refractivity contribution in [2.24, 2.45) is 5.92 Å². The number of fused-ring (bicyclic) bond motifs is 2. The van der Waals surface area contributed by atoms with Gasteiger partial charge in [0, 0.05) is 31.0 Å². The summed E-state index contributed by atoms with van der Waals surface area (Å²) in [6.45, 7) is 1.49. The molecule has 1 aliphatic heterocycles. The van der Waals surface area contributed by atoms with Crippen LogP contribution in [-0.2, 0) is 11.2 Å². The van der Waals surface area contributed by atoms with Crippen molar-refractivity contribution in [3.05, 3.63) is 77.9 Å². The third-order valence-electron chi connectivity index (χ3n) is 5.19. The first kappa shape index (κ1) is 19.0. The SMILES string of the molecule is O=C(CCNC(=O)c1ccc2ccccc2c1)NCC1COc2ccccc2C1. The lowest BCUT2D eigenvalue weighted by Gasteiger charge is -2.25. The fraction of sp³-hybridized carbons (Fsp3) is 0.250. The summed E-state index contributed by atoms with van der Waals surface area (Å²) >= 11 is 0. The number of benzene rings is 3. The predicted molar refractivity (Wildman–Crippen MR) is 113 cm³/mol. The number of para-hydroxylation sites is 1. The summed E-state index contributed by atoms with van der Waals surface area (Å²) in [5, 5.41) is 7.89. The number of hydrogen-bond acceptors (Lipinski definition) is 3. The summed E-state index contributed by atoms with van der Waals surface area (Å²) in [6, 6.07) is 21.5. The molecule has 0 aliphatic carbocycles. The topological polar surface area (TPSA) is 67.4 Å². The van der Waals surface area contributed by atoms with Crippen LogP contribution >= 0.6 is 0 Å². The summed E-state index contributed by atoms with van der Waals surface area (Å²) < 4.78 is 5.75. The van der Waals surface area contributed by atoms with Crippen LogP contribution in [0.5, 0.6) is 5.75 Å². The molecule has 1 aliphatic rings. The van der Waals surface area contributed by atoms with Crippen molar-refractivity contribution < 1.29 is 14.3 Å². The summed E-state index contributed by atoms with van der Waals surface area (Å²) in [5.41, 5.74) is 1.78. The van der Waals surface area contributed by atoms with Crippen molar-refractivity contribution in [1.29, 1.82) is 0 Å². The van der Waals surface area contributed by atoms with Crippen LogP contribution in [0.1, 0.15) is 22.3 Å². The van der Waals surface area contributed by atoms with Gasteiger partial charge in [-0.05, 0) is 41.0 Å². The number of rotatable bonds is 6. The molecule has 5 nitrogen and oxygen atoms in total.